The van der Waals surface area contributed by atoms with Crippen molar-refractivity contribution in [1.29, 1.82) is 5.26 Å². The Hall–Kier alpha value is -4.70. The molecule has 0 saturated heterocycles. The van der Waals surface area contributed by atoms with Crippen molar-refractivity contribution >= 4 is 23.6 Å². The second-order valence-electron chi connectivity index (χ2n) is 10.1. The van der Waals surface area contributed by atoms with E-state index in [2.05, 4.69) is 15.6 Å². The van der Waals surface area contributed by atoms with Gasteiger partial charge < -0.3 is 25.8 Å². The van der Waals surface area contributed by atoms with Crippen LogP contribution >= 0.6 is 11.6 Å². The molecule has 11 nitrogen and oxygen atoms in total. The third kappa shape index (κ3) is 8.65. The number of pyridine rings is 2. The molecule has 0 atom stereocenters. The van der Waals surface area contributed by atoms with Crippen molar-refractivity contribution in [1.82, 2.24) is 15.4 Å². The van der Waals surface area contributed by atoms with Crippen LogP contribution in [0.5, 0.6) is 0 Å². The van der Waals surface area contributed by atoms with Gasteiger partial charge in [0.15, 0.2) is 11.7 Å². The fraction of sp³-hybridized carbons (Fsp3) is 0.321. The van der Waals surface area contributed by atoms with E-state index in [1.165, 1.54) is 18.2 Å². The number of nitriles is 1. The molecule has 0 spiro atoms. The SMILES string of the molecule is CC(C)(C)OC(=O)NCc1ccc(Cl)cc1CNC(=O)Cc1c(C#N)ccc(=NCC(F)(F)c2cccc[n+]2[O-])n1O. The van der Waals surface area contributed by atoms with Gasteiger partial charge >= 0.3 is 12.0 Å². The Bertz CT molecular complexity index is 1580. The van der Waals surface area contributed by atoms with Crippen LogP contribution in [-0.4, -0.2) is 34.1 Å². The number of alkyl halides is 2. The molecule has 3 rings (SSSR count). The maximum Gasteiger partial charge on any atom is 0.407 e. The summed E-state index contributed by atoms with van der Waals surface area (Å²) in [6, 6.07) is 12.7. The van der Waals surface area contributed by atoms with Gasteiger partial charge in [0, 0.05) is 30.2 Å². The number of hydrogen-bond donors (Lipinski definition) is 3. The second-order valence-corrected chi connectivity index (χ2v) is 10.6. The highest BCUT2D eigenvalue weighted by Gasteiger charge is 2.39. The normalized spacial score (nSPS) is 12.0. The number of ether oxygens (including phenoxy) is 1. The molecule has 0 aliphatic heterocycles. The van der Waals surface area contributed by atoms with Gasteiger partial charge in [-0.1, -0.05) is 17.7 Å². The van der Waals surface area contributed by atoms with Gasteiger partial charge in [-0.25, -0.2) is 4.79 Å². The van der Waals surface area contributed by atoms with Crippen molar-refractivity contribution in [2.75, 3.05) is 6.54 Å². The molecule has 2 heterocycles. The van der Waals surface area contributed by atoms with Crippen LogP contribution in [0.1, 0.15) is 48.8 Å². The van der Waals surface area contributed by atoms with E-state index in [1.807, 2.05) is 6.07 Å². The van der Waals surface area contributed by atoms with Crippen molar-refractivity contribution in [3.05, 3.63) is 98.5 Å². The number of carbonyl (C=O) groups excluding carboxylic acids is 2. The van der Waals surface area contributed by atoms with E-state index in [0.717, 1.165) is 18.3 Å². The van der Waals surface area contributed by atoms with Crippen LogP contribution in [-0.2, 0) is 35.0 Å². The van der Waals surface area contributed by atoms with Crippen LogP contribution in [0.3, 0.4) is 0 Å². The number of alkyl carbamates (subject to hydrolysis) is 1. The first-order chi connectivity index (χ1) is 19.7. The lowest BCUT2D eigenvalue weighted by Crippen LogP contribution is -2.39. The zero-order valence-electron chi connectivity index (χ0n) is 23.0. The highest BCUT2D eigenvalue weighted by atomic mass is 35.5. The highest BCUT2D eigenvalue weighted by molar-refractivity contribution is 6.30. The predicted molar refractivity (Wildman–Crippen MR) is 146 cm³/mol. The van der Waals surface area contributed by atoms with Crippen LogP contribution in [0.2, 0.25) is 5.02 Å². The summed E-state index contributed by atoms with van der Waals surface area (Å²) in [7, 11) is 0. The largest absolute Gasteiger partial charge is 0.618 e. The van der Waals surface area contributed by atoms with Crippen LogP contribution in [0.4, 0.5) is 13.6 Å². The molecule has 3 N–H and O–H groups in total. The molecule has 3 aromatic rings. The fourth-order valence-corrected chi connectivity index (χ4v) is 3.96. The molecule has 0 bridgehead atoms. The maximum atomic E-state index is 14.6. The molecule has 222 valence electrons. The zero-order chi connectivity index (χ0) is 31.1. The maximum absolute atomic E-state index is 14.6. The van der Waals surface area contributed by atoms with Gasteiger partial charge in [-0.2, -0.15) is 23.5 Å². The number of nitrogens with one attached hydrogen (secondary N) is 2. The first-order valence-corrected chi connectivity index (χ1v) is 13.0. The molecule has 0 aliphatic rings. The minimum Gasteiger partial charge on any atom is -0.618 e. The van der Waals surface area contributed by atoms with Crippen LogP contribution in [0.25, 0.3) is 0 Å². The molecule has 0 fully saturated rings. The van der Waals surface area contributed by atoms with E-state index in [0.29, 0.717) is 20.9 Å². The number of nitrogens with zero attached hydrogens (tertiary/aromatic N) is 4. The number of hydrogen-bond acceptors (Lipinski definition) is 7. The molecule has 0 saturated carbocycles. The summed E-state index contributed by atoms with van der Waals surface area (Å²) in [4.78, 5) is 28.6. The molecule has 0 radical (unpaired) electrons. The third-order valence-corrected chi connectivity index (χ3v) is 5.97. The van der Waals surface area contributed by atoms with Gasteiger partial charge in [0.25, 0.3) is 5.69 Å². The first-order valence-electron chi connectivity index (χ1n) is 12.6. The lowest BCUT2D eigenvalue weighted by molar-refractivity contribution is -0.624. The standard InChI is InChI=1S/C28H29ClF2N6O5/c1-27(2,3)42-26(39)34-15-19-7-9-21(29)12-20(19)16-33-25(38)13-22-18(14-32)8-10-24(37(22)41)35-17-28(30,31)23-6-4-5-11-36(23)40/h4-12,41H,13,15-17H2,1-3H3,(H,33,38)(H,34,39). The lowest BCUT2D eigenvalue weighted by Gasteiger charge is -2.20. The third-order valence-electron chi connectivity index (χ3n) is 5.74. The van der Waals surface area contributed by atoms with E-state index < -0.39 is 42.2 Å². The Morgan fingerprint density at radius 2 is 1.86 bits per heavy atom. The zero-order valence-corrected chi connectivity index (χ0v) is 23.8. The Morgan fingerprint density at radius 3 is 2.52 bits per heavy atom. The predicted octanol–water partition coefficient (Wildman–Crippen LogP) is 3.46. The topological polar surface area (TPSA) is 156 Å². The summed E-state index contributed by atoms with van der Waals surface area (Å²) in [5.41, 5.74) is -0.880. The summed E-state index contributed by atoms with van der Waals surface area (Å²) in [5.74, 6) is -4.27. The van der Waals surface area contributed by atoms with Gasteiger partial charge in [-0.15, -0.1) is 0 Å². The van der Waals surface area contributed by atoms with Crippen molar-refractivity contribution < 1.29 is 33.0 Å². The van der Waals surface area contributed by atoms with E-state index in [1.54, 1.807) is 39.0 Å². The average molecular weight is 603 g/mol. The van der Waals surface area contributed by atoms with E-state index in [-0.39, 0.29) is 34.6 Å². The van der Waals surface area contributed by atoms with Crippen LogP contribution < -0.4 is 20.9 Å². The smallest absolute Gasteiger partial charge is 0.407 e. The van der Waals surface area contributed by atoms with E-state index >= 15 is 0 Å². The summed E-state index contributed by atoms with van der Waals surface area (Å²) in [6.45, 7) is 4.10. The number of carbonyl (C=O) groups is 2. The summed E-state index contributed by atoms with van der Waals surface area (Å²) in [6.07, 6.45) is -0.189. The summed E-state index contributed by atoms with van der Waals surface area (Å²) < 4.78 is 34.9. The number of aromatic nitrogens is 2. The monoisotopic (exact) mass is 602 g/mol. The number of amides is 2. The second kappa shape index (κ2) is 13.3. The van der Waals surface area contributed by atoms with Gasteiger partial charge in [-0.05, 0) is 62.2 Å². The van der Waals surface area contributed by atoms with Gasteiger partial charge in [0.2, 0.25) is 5.91 Å². The van der Waals surface area contributed by atoms with E-state index in [4.69, 9.17) is 16.3 Å². The molecule has 0 unspecified atom stereocenters. The molecule has 14 heteroatoms. The fourth-order valence-electron chi connectivity index (χ4n) is 3.76. The van der Waals surface area contributed by atoms with Crippen LogP contribution in [0.15, 0.2) is 59.7 Å². The minimum absolute atomic E-state index is 0.0133. The van der Waals surface area contributed by atoms with Gasteiger partial charge in [0.1, 0.15) is 18.2 Å². The highest BCUT2D eigenvalue weighted by Crippen LogP contribution is 2.25. The molecule has 0 aliphatic carbocycles. The quantitative estimate of drug-likeness (QED) is 0.193. The number of halogens is 3. The van der Waals surface area contributed by atoms with E-state index in [9.17, 15) is 34.0 Å². The number of rotatable bonds is 9. The Labute approximate surface area is 245 Å². The van der Waals surface area contributed by atoms with Gasteiger partial charge in [0.05, 0.1) is 17.7 Å². The summed E-state index contributed by atoms with van der Waals surface area (Å²) >= 11 is 6.12. The number of benzene rings is 1. The van der Waals surface area contributed by atoms with Crippen LogP contribution in [0, 0.1) is 16.5 Å². The Kier molecular flexibility index (Phi) is 10.1. The Morgan fingerprint density at radius 1 is 1.14 bits per heavy atom. The molecule has 1 aromatic carbocycles. The van der Waals surface area contributed by atoms with Crippen molar-refractivity contribution in [3.8, 4) is 6.07 Å². The minimum atomic E-state index is -3.66. The first kappa shape index (κ1) is 31.8. The molecular weight excluding hydrogens is 574 g/mol. The van der Waals surface area contributed by atoms with Crippen molar-refractivity contribution in [2.45, 2.75) is 51.8 Å². The lowest BCUT2D eigenvalue weighted by atomic mass is 10.1. The Balaban J connectivity index is 1.75. The van der Waals surface area contributed by atoms with Gasteiger partial charge in [-0.3, -0.25) is 9.79 Å². The van der Waals surface area contributed by atoms with Crippen molar-refractivity contribution in [2.24, 2.45) is 4.99 Å². The molecular formula is C28H29ClF2N6O5. The average Bonchev–Trinajstić information content (AvgIpc) is 2.91. The molecule has 42 heavy (non-hydrogen) atoms. The summed E-state index contributed by atoms with van der Waals surface area (Å²) in [5, 5.41) is 37.6. The van der Waals surface area contributed by atoms with Crippen molar-refractivity contribution in [3.63, 3.8) is 0 Å². The molecule has 2 aromatic heterocycles. The molecule has 2 amide bonds.